The Morgan fingerprint density at radius 1 is 1.28 bits per heavy atom. The first-order chi connectivity index (χ1) is 8.45. The molecule has 4 nitrogen and oxygen atoms in total. The summed E-state index contributed by atoms with van der Waals surface area (Å²) in [5.41, 5.74) is 3.44. The number of methoxy groups -OCH3 is 1. The van der Waals surface area contributed by atoms with E-state index < -0.39 is 5.97 Å². The molecule has 0 radical (unpaired) electrons. The van der Waals surface area contributed by atoms with Crippen molar-refractivity contribution in [2.45, 2.75) is 20.8 Å². The zero-order valence-corrected chi connectivity index (χ0v) is 10.9. The molecule has 0 aliphatic carbocycles. The number of carbonyl (C=O) groups is 1. The molecule has 0 amide bonds. The van der Waals surface area contributed by atoms with Gasteiger partial charge >= 0.3 is 5.97 Å². The van der Waals surface area contributed by atoms with E-state index in [1.807, 2.05) is 26.0 Å². The Bertz CT molecular complexity index is 647. The maximum atomic E-state index is 11.5. The first kappa shape index (κ1) is 12.4. The van der Waals surface area contributed by atoms with Crippen molar-refractivity contribution in [2.24, 2.45) is 0 Å². The second-order valence-corrected chi connectivity index (χ2v) is 4.39. The van der Waals surface area contributed by atoms with Crippen LogP contribution >= 0.6 is 0 Å². The molecule has 0 aliphatic heterocycles. The lowest BCUT2D eigenvalue weighted by atomic mass is 10.00. The van der Waals surface area contributed by atoms with Crippen LogP contribution in [0.3, 0.4) is 0 Å². The van der Waals surface area contributed by atoms with Crippen molar-refractivity contribution in [1.82, 2.24) is 4.98 Å². The largest absolute Gasteiger partial charge is 0.494 e. The smallest absolute Gasteiger partial charge is 0.340 e. The first-order valence-corrected chi connectivity index (χ1v) is 5.64. The standard InChI is InChI=1S/C14H15NO3/c1-7-5-8(2)11-10(6-7)15-9(3)13(18-4)12(11)14(16)17/h5-6H,1-4H3,(H,16,17). The second-order valence-electron chi connectivity index (χ2n) is 4.39. The Morgan fingerprint density at radius 3 is 2.50 bits per heavy atom. The molecule has 0 atom stereocenters. The number of aromatic nitrogens is 1. The van der Waals surface area contributed by atoms with Gasteiger partial charge in [-0.25, -0.2) is 9.78 Å². The summed E-state index contributed by atoms with van der Waals surface area (Å²) in [7, 11) is 1.46. The molecule has 1 aromatic carbocycles. The van der Waals surface area contributed by atoms with E-state index >= 15 is 0 Å². The van der Waals surface area contributed by atoms with Gasteiger partial charge in [-0.05, 0) is 38.0 Å². The third-order valence-electron chi connectivity index (χ3n) is 2.97. The van der Waals surface area contributed by atoms with Crippen molar-refractivity contribution in [2.75, 3.05) is 7.11 Å². The molecule has 0 aliphatic rings. The average Bonchev–Trinajstić information content (AvgIpc) is 2.26. The predicted molar refractivity (Wildman–Crippen MR) is 69.5 cm³/mol. The molecule has 0 fully saturated rings. The summed E-state index contributed by atoms with van der Waals surface area (Å²) in [5, 5.41) is 10.1. The third-order valence-corrected chi connectivity index (χ3v) is 2.97. The number of ether oxygens (including phenoxy) is 1. The quantitative estimate of drug-likeness (QED) is 0.883. The predicted octanol–water partition coefficient (Wildman–Crippen LogP) is 2.87. The number of carboxylic acids is 1. The molecular formula is C14H15NO3. The molecular weight excluding hydrogens is 230 g/mol. The lowest BCUT2D eigenvalue weighted by Gasteiger charge is -2.13. The lowest BCUT2D eigenvalue weighted by molar-refractivity contribution is 0.0695. The molecule has 0 bridgehead atoms. The highest BCUT2D eigenvalue weighted by Crippen LogP contribution is 2.32. The van der Waals surface area contributed by atoms with E-state index in [1.165, 1.54) is 7.11 Å². The minimum atomic E-state index is -0.991. The normalized spacial score (nSPS) is 10.7. The monoisotopic (exact) mass is 245 g/mol. The van der Waals surface area contributed by atoms with Gasteiger partial charge in [0.2, 0.25) is 0 Å². The fraction of sp³-hybridized carbons (Fsp3) is 0.286. The molecule has 2 aromatic rings. The van der Waals surface area contributed by atoms with Crippen molar-refractivity contribution in [3.63, 3.8) is 0 Å². The van der Waals surface area contributed by atoms with E-state index in [2.05, 4.69) is 4.98 Å². The van der Waals surface area contributed by atoms with Gasteiger partial charge in [0, 0.05) is 5.39 Å². The Labute approximate surface area is 105 Å². The van der Waals surface area contributed by atoms with Gasteiger partial charge < -0.3 is 9.84 Å². The Kier molecular flexibility index (Phi) is 2.95. The minimum absolute atomic E-state index is 0.192. The van der Waals surface area contributed by atoms with Crippen LogP contribution in [0.1, 0.15) is 27.2 Å². The Hall–Kier alpha value is -2.10. The van der Waals surface area contributed by atoms with Crippen LogP contribution in [0.4, 0.5) is 0 Å². The molecule has 1 heterocycles. The van der Waals surface area contributed by atoms with Gasteiger partial charge in [-0.1, -0.05) is 6.07 Å². The van der Waals surface area contributed by atoms with E-state index in [-0.39, 0.29) is 5.56 Å². The molecule has 0 saturated carbocycles. The maximum Gasteiger partial charge on any atom is 0.340 e. The van der Waals surface area contributed by atoms with Gasteiger partial charge in [0.25, 0.3) is 0 Å². The summed E-state index contributed by atoms with van der Waals surface area (Å²) in [6.45, 7) is 5.61. The van der Waals surface area contributed by atoms with Crippen LogP contribution in [0.2, 0.25) is 0 Å². The second kappa shape index (κ2) is 4.29. The van der Waals surface area contributed by atoms with E-state index in [0.29, 0.717) is 22.3 Å². The molecule has 2 rings (SSSR count). The summed E-state index contributed by atoms with van der Waals surface area (Å²) in [6, 6.07) is 3.84. The van der Waals surface area contributed by atoms with Gasteiger partial charge in [0.05, 0.1) is 18.3 Å². The van der Waals surface area contributed by atoms with Crippen LogP contribution in [0.25, 0.3) is 10.9 Å². The molecule has 0 spiro atoms. The summed E-state index contributed by atoms with van der Waals surface area (Å²) >= 11 is 0. The molecule has 94 valence electrons. The van der Waals surface area contributed by atoms with Crippen molar-refractivity contribution in [3.8, 4) is 5.75 Å². The number of carboxylic acid groups (broad SMARTS) is 1. The molecule has 0 saturated heterocycles. The van der Waals surface area contributed by atoms with Crippen molar-refractivity contribution in [3.05, 3.63) is 34.5 Å². The SMILES string of the molecule is COc1c(C)nc2cc(C)cc(C)c2c1C(=O)O. The number of pyridine rings is 1. The number of aromatic carboxylic acids is 1. The molecule has 4 heteroatoms. The zero-order chi connectivity index (χ0) is 13.4. The number of fused-ring (bicyclic) bond motifs is 1. The van der Waals surface area contributed by atoms with E-state index in [4.69, 9.17) is 4.74 Å². The highest BCUT2D eigenvalue weighted by atomic mass is 16.5. The van der Waals surface area contributed by atoms with Crippen molar-refractivity contribution < 1.29 is 14.6 Å². The molecule has 1 N–H and O–H groups in total. The van der Waals surface area contributed by atoms with Crippen LogP contribution in [0, 0.1) is 20.8 Å². The maximum absolute atomic E-state index is 11.5. The van der Waals surface area contributed by atoms with Gasteiger partial charge in [0.1, 0.15) is 5.56 Å². The van der Waals surface area contributed by atoms with Crippen LogP contribution in [-0.4, -0.2) is 23.2 Å². The van der Waals surface area contributed by atoms with Gasteiger partial charge in [-0.3, -0.25) is 0 Å². The van der Waals surface area contributed by atoms with Gasteiger partial charge in [-0.15, -0.1) is 0 Å². The molecule has 18 heavy (non-hydrogen) atoms. The molecule has 0 unspecified atom stereocenters. The Morgan fingerprint density at radius 2 is 1.94 bits per heavy atom. The van der Waals surface area contributed by atoms with Crippen LogP contribution in [0.5, 0.6) is 5.75 Å². The Balaban J connectivity index is 3.02. The zero-order valence-electron chi connectivity index (χ0n) is 10.9. The highest BCUT2D eigenvalue weighted by Gasteiger charge is 2.20. The van der Waals surface area contributed by atoms with E-state index in [0.717, 1.165) is 11.1 Å². The summed E-state index contributed by atoms with van der Waals surface area (Å²) < 4.78 is 5.19. The van der Waals surface area contributed by atoms with Gasteiger partial charge in [0.15, 0.2) is 5.75 Å². The number of aryl methyl sites for hydroxylation is 3. The van der Waals surface area contributed by atoms with Crippen LogP contribution in [-0.2, 0) is 0 Å². The van der Waals surface area contributed by atoms with E-state index in [9.17, 15) is 9.90 Å². The van der Waals surface area contributed by atoms with Crippen molar-refractivity contribution in [1.29, 1.82) is 0 Å². The van der Waals surface area contributed by atoms with Gasteiger partial charge in [-0.2, -0.15) is 0 Å². The number of hydrogen-bond acceptors (Lipinski definition) is 3. The number of hydrogen-bond donors (Lipinski definition) is 1. The van der Waals surface area contributed by atoms with E-state index in [1.54, 1.807) is 6.92 Å². The fourth-order valence-corrected chi connectivity index (χ4v) is 2.34. The van der Waals surface area contributed by atoms with Crippen LogP contribution in [0.15, 0.2) is 12.1 Å². The third kappa shape index (κ3) is 1.79. The minimum Gasteiger partial charge on any atom is -0.494 e. The topological polar surface area (TPSA) is 59.4 Å². The number of rotatable bonds is 2. The first-order valence-electron chi connectivity index (χ1n) is 5.64. The van der Waals surface area contributed by atoms with Crippen molar-refractivity contribution >= 4 is 16.9 Å². The summed E-state index contributed by atoms with van der Waals surface area (Å²) in [5.74, 6) is -0.656. The van der Waals surface area contributed by atoms with Crippen LogP contribution < -0.4 is 4.74 Å². The molecule has 1 aromatic heterocycles. The lowest BCUT2D eigenvalue weighted by Crippen LogP contribution is -2.06. The fourth-order valence-electron chi connectivity index (χ4n) is 2.34. The highest BCUT2D eigenvalue weighted by molar-refractivity contribution is 6.06. The number of nitrogens with zero attached hydrogens (tertiary/aromatic N) is 1. The number of benzene rings is 1. The summed E-state index contributed by atoms with van der Waals surface area (Å²) in [6.07, 6.45) is 0. The average molecular weight is 245 g/mol. The summed E-state index contributed by atoms with van der Waals surface area (Å²) in [4.78, 5) is 15.9.